The highest BCUT2D eigenvalue weighted by Gasteiger charge is 2.23. The van der Waals surface area contributed by atoms with Crippen LogP contribution in [0.5, 0.6) is 0 Å². The highest BCUT2D eigenvalue weighted by molar-refractivity contribution is 7.89. The predicted molar refractivity (Wildman–Crippen MR) is 113 cm³/mol. The van der Waals surface area contributed by atoms with Crippen molar-refractivity contribution in [2.75, 3.05) is 0 Å². The lowest BCUT2D eigenvalue weighted by atomic mass is 10.2. The number of fused-ring (bicyclic) bond motifs is 1. The number of ether oxygens (including phenoxy) is 1. The van der Waals surface area contributed by atoms with E-state index in [1.165, 1.54) is 24.3 Å². The van der Waals surface area contributed by atoms with E-state index in [0.717, 1.165) is 18.9 Å². The van der Waals surface area contributed by atoms with E-state index in [9.17, 15) is 23.3 Å². The molecule has 3 aromatic rings. The summed E-state index contributed by atoms with van der Waals surface area (Å²) in [7, 11) is -3.90. The molecule has 2 N–H and O–H groups in total. The average Bonchev–Trinajstić information content (AvgIpc) is 3.06. The van der Waals surface area contributed by atoms with Crippen molar-refractivity contribution in [2.24, 2.45) is 5.14 Å². The highest BCUT2D eigenvalue weighted by Crippen LogP contribution is 2.25. The zero-order valence-corrected chi connectivity index (χ0v) is 18.0. The standard InChI is InChI=1S/C19H19ClN4O6S/c1-2-3-8-23-17-7-5-13(31(21,28)29)10-15(17)22-18(23)11-30-19(25)14-9-12(20)4-6-16(14)24(26)27/h4-7,9-10H,2-3,8,11H2,1H3,(H2,21,28,29). The summed E-state index contributed by atoms with van der Waals surface area (Å²) in [6, 6.07) is 7.92. The number of esters is 1. The number of carbonyl (C=O) groups excluding carboxylic acids is 1. The Morgan fingerprint density at radius 1 is 1.29 bits per heavy atom. The first-order valence-electron chi connectivity index (χ1n) is 9.25. The number of unbranched alkanes of at least 4 members (excludes halogenated alkanes) is 1. The van der Waals surface area contributed by atoms with E-state index >= 15 is 0 Å². The molecular weight excluding hydrogens is 448 g/mol. The molecule has 0 unspecified atom stereocenters. The van der Waals surface area contributed by atoms with Crippen molar-refractivity contribution >= 4 is 44.3 Å². The van der Waals surface area contributed by atoms with Crippen molar-refractivity contribution in [1.82, 2.24) is 9.55 Å². The summed E-state index contributed by atoms with van der Waals surface area (Å²) in [5.41, 5.74) is 0.333. The molecule has 0 aliphatic rings. The number of nitrogens with two attached hydrogens (primary N) is 1. The molecule has 0 bridgehead atoms. The molecule has 0 saturated heterocycles. The fourth-order valence-corrected chi connectivity index (χ4v) is 3.76. The van der Waals surface area contributed by atoms with Gasteiger partial charge >= 0.3 is 5.97 Å². The van der Waals surface area contributed by atoms with E-state index in [4.69, 9.17) is 21.5 Å². The number of rotatable bonds is 8. The Kier molecular flexibility index (Phi) is 6.58. The van der Waals surface area contributed by atoms with E-state index in [0.29, 0.717) is 23.4 Å². The third-order valence-electron chi connectivity index (χ3n) is 4.57. The van der Waals surface area contributed by atoms with Crippen LogP contribution >= 0.6 is 11.6 Å². The Balaban J connectivity index is 1.94. The van der Waals surface area contributed by atoms with Gasteiger partial charge in [-0.05, 0) is 36.8 Å². The second kappa shape index (κ2) is 9.00. The van der Waals surface area contributed by atoms with Crippen molar-refractivity contribution in [3.05, 3.63) is 62.9 Å². The maximum Gasteiger partial charge on any atom is 0.345 e. The molecule has 2 aromatic carbocycles. The fraction of sp³-hybridized carbons (Fsp3) is 0.263. The van der Waals surface area contributed by atoms with Gasteiger partial charge < -0.3 is 9.30 Å². The van der Waals surface area contributed by atoms with Crippen molar-refractivity contribution in [3.63, 3.8) is 0 Å². The molecule has 0 atom stereocenters. The van der Waals surface area contributed by atoms with E-state index in [1.54, 1.807) is 6.07 Å². The van der Waals surface area contributed by atoms with Crippen LogP contribution in [0, 0.1) is 10.1 Å². The van der Waals surface area contributed by atoms with Gasteiger partial charge in [-0.3, -0.25) is 10.1 Å². The van der Waals surface area contributed by atoms with Crippen molar-refractivity contribution in [3.8, 4) is 0 Å². The lowest BCUT2D eigenvalue weighted by Gasteiger charge is -2.10. The van der Waals surface area contributed by atoms with E-state index in [1.807, 2.05) is 11.5 Å². The van der Waals surface area contributed by atoms with Gasteiger partial charge in [0.15, 0.2) is 0 Å². The summed E-state index contributed by atoms with van der Waals surface area (Å²) in [4.78, 5) is 27.3. The Morgan fingerprint density at radius 2 is 2.03 bits per heavy atom. The third-order valence-corrected chi connectivity index (χ3v) is 5.72. The van der Waals surface area contributed by atoms with Crippen molar-refractivity contribution < 1.29 is 22.9 Å². The molecule has 1 aromatic heterocycles. The molecule has 0 amide bonds. The number of aromatic nitrogens is 2. The monoisotopic (exact) mass is 466 g/mol. The summed E-state index contributed by atoms with van der Waals surface area (Å²) >= 11 is 5.86. The number of primary sulfonamides is 1. The van der Waals surface area contributed by atoms with Crippen LogP contribution in [-0.2, 0) is 27.9 Å². The van der Waals surface area contributed by atoms with Crippen LogP contribution in [0.25, 0.3) is 11.0 Å². The van der Waals surface area contributed by atoms with Crippen LogP contribution < -0.4 is 5.14 Å². The second-order valence-corrected chi connectivity index (χ2v) is 8.72. The third kappa shape index (κ3) is 5.01. The zero-order valence-electron chi connectivity index (χ0n) is 16.4. The van der Waals surface area contributed by atoms with Crippen LogP contribution in [0.4, 0.5) is 5.69 Å². The maximum absolute atomic E-state index is 12.5. The van der Waals surface area contributed by atoms with E-state index in [-0.39, 0.29) is 22.1 Å². The number of carbonyl (C=O) groups is 1. The topological polar surface area (TPSA) is 147 Å². The molecule has 31 heavy (non-hydrogen) atoms. The molecule has 3 rings (SSSR count). The van der Waals surface area contributed by atoms with Crippen LogP contribution in [0.3, 0.4) is 0 Å². The molecule has 1 heterocycles. The number of nitro groups is 1. The van der Waals surface area contributed by atoms with Crippen molar-refractivity contribution in [2.45, 2.75) is 37.8 Å². The van der Waals surface area contributed by atoms with Gasteiger partial charge in [0.1, 0.15) is 18.0 Å². The van der Waals surface area contributed by atoms with Gasteiger partial charge in [-0.25, -0.2) is 23.3 Å². The SMILES string of the molecule is CCCCn1c(COC(=O)c2cc(Cl)ccc2[N+](=O)[O-])nc2cc(S(N)(=O)=O)ccc21. The summed E-state index contributed by atoms with van der Waals surface area (Å²) in [6.45, 7) is 2.30. The Hall–Kier alpha value is -3.02. The van der Waals surface area contributed by atoms with Gasteiger partial charge in [0, 0.05) is 17.6 Å². The molecule has 164 valence electrons. The van der Waals surface area contributed by atoms with Crippen molar-refractivity contribution in [1.29, 1.82) is 0 Å². The van der Waals surface area contributed by atoms with Gasteiger partial charge in [0.2, 0.25) is 10.0 Å². The first kappa shape index (κ1) is 22.7. The zero-order chi connectivity index (χ0) is 22.8. The first-order valence-corrected chi connectivity index (χ1v) is 11.2. The van der Waals surface area contributed by atoms with Gasteiger partial charge in [-0.15, -0.1) is 0 Å². The minimum atomic E-state index is -3.90. The minimum absolute atomic E-state index is 0.0850. The quantitative estimate of drug-likeness (QED) is 0.304. The lowest BCUT2D eigenvalue weighted by Crippen LogP contribution is -2.12. The van der Waals surface area contributed by atoms with Crippen LogP contribution in [0.2, 0.25) is 5.02 Å². The number of halogens is 1. The average molecular weight is 467 g/mol. The van der Waals surface area contributed by atoms with Gasteiger partial charge in [0.25, 0.3) is 5.69 Å². The highest BCUT2D eigenvalue weighted by atomic mass is 35.5. The van der Waals surface area contributed by atoms with Crippen LogP contribution in [0.1, 0.15) is 35.9 Å². The first-order chi connectivity index (χ1) is 14.6. The molecule has 0 radical (unpaired) electrons. The predicted octanol–water partition coefficient (Wildman–Crippen LogP) is 3.40. The molecule has 0 spiro atoms. The number of nitro benzene ring substituents is 1. The molecule has 0 saturated carbocycles. The maximum atomic E-state index is 12.5. The van der Waals surface area contributed by atoms with Gasteiger partial charge in [-0.1, -0.05) is 24.9 Å². The number of hydrogen-bond donors (Lipinski definition) is 1. The number of nitrogens with zero attached hydrogens (tertiary/aromatic N) is 3. The minimum Gasteiger partial charge on any atom is -0.454 e. The molecular formula is C19H19ClN4O6S. The Morgan fingerprint density at radius 3 is 2.68 bits per heavy atom. The van der Waals surface area contributed by atoms with Crippen LogP contribution in [0.15, 0.2) is 41.3 Å². The summed E-state index contributed by atoms with van der Waals surface area (Å²) in [5, 5.41) is 16.5. The summed E-state index contributed by atoms with van der Waals surface area (Å²) in [5.74, 6) is -0.554. The van der Waals surface area contributed by atoms with Gasteiger partial charge in [0.05, 0.1) is 20.9 Å². The smallest absolute Gasteiger partial charge is 0.345 e. The summed E-state index contributed by atoms with van der Waals surface area (Å²) in [6.07, 6.45) is 1.70. The Bertz CT molecular complexity index is 1270. The number of imidazole rings is 1. The molecule has 0 aliphatic carbocycles. The number of benzene rings is 2. The number of aryl methyl sites for hydroxylation is 1. The Labute approximate surface area is 182 Å². The molecule has 12 heteroatoms. The lowest BCUT2D eigenvalue weighted by molar-refractivity contribution is -0.385. The fourth-order valence-electron chi connectivity index (χ4n) is 3.05. The summed E-state index contributed by atoms with van der Waals surface area (Å²) < 4.78 is 30.4. The second-order valence-electron chi connectivity index (χ2n) is 6.72. The van der Waals surface area contributed by atoms with E-state index < -0.39 is 26.6 Å². The van der Waals surface area contributed by atoms with Crippen LogP contribution in [-0.4, -0.2) is 28.9 Å². The molecule has 0 fully saturated rings. The number of hydrogen-bond acceptors (Lipinski definition) is 7. The molecule has 0 aliphatic heterocycles. The number of sulfonamides is 1. The largest absolute Gasteiger partial charge is 0.454 e. The normalized spacial score (nSPS) is 11.6. The van der Waals surface area contributed by atoms with Gasteiger partial charge in [-0.2, -0.15) is 0 Å². The molecule has 10 nitrogen and oxygen atoms in total. The van der Waals surface area contributed by atoms with E-state index in [2.05, 4.69) is 4.98 Å².